The second kappa shape index (κ2) is 4.53. The average molecular weight is 206 g/mol. The third-order valence-corrected chi connectivity index (χ3v) is 2.98. The lowest BCUT2D eigenvalue weighted by Gasteiger charge is -2.12. The number of benzene rings is 1. The largest absolute Gasteiger partial charge is 0.497 e. The third kappa shape index (κ3) is 2.42. The molecule has 82 valence electrons. The van der Waals surface area contributed by atoms with E-state index in [0.29, 0.717) is 6.04 Å². The Morgan fingerprint density at radius 3 is 3.00 bits per heavy atom. The molecule has 1 aliphatic rings. The van der Waals surface area contributed by atoms with Gasteiger partial charge in [0.15, 0.2) is 0 Å². The van der Waals surface area contributed by atoms with Crippen molar-refractivity contribution in [2.45, 2.75) is 25.3 Å². The summed E-state index contributed by atoms with van der Waals surface area (Å²) in [5.41, 5.74) is 8.02. The summed E-state index contributed by atoms with van der Waals surface area (Å²) in [7, 11) is 1.66. The Bertz CT molecular complexity index is 332. The number of nitrogens with one attached hydrogen (secondary N) is 1. The molecule has 0 spiro atoms. The maximum absolute atomic E-state index is 5.97. The molecule has 1 unspecified atom stereocenters. The van der Waals surface area contributed by atoms with E-state index in [1.807, 2.05) is 12.1 Å². The first-order valence-electron chi connectivity index (χ1n) is 5.45. The third-order valence-electron chi connectivity index (χ3n) is 2.98. The molecule has 0 radical (unpaired) electrons. The topological polar surface area (TPSA) is 47.3 Å². The fraction of sp³-hybridized carbons (Fsp3) is 0.500. The summed E-state index contributed by atoms with van der Waals surface area (Å²) in [6, 6.07) is 6.53. The van der Waals surface area contributed by atoms with Crippen LogP contribution in [0.2, 0.25) is 0 Å². The zero-order chi connectivity index (χ0) is 10.7. The van der Waals surface area contributed by atoms with Crippen LogP contribution in [-0.2, 0) is 6.42 Å². The van der Waals surface area contributed by atoms with Crippen molar-refractivity contribution in [3.8, 4) is 5.75 Å². The zero-order valence-corrected chi connectivity index (χ0v) is 9.12. The molecule has 0 aliphatic carbocycles. The molecule has 1 aromatic carbocycles. The van der Waals surface area contributed by atoms with Gasteiger partial charge in [0.05, 0.1) is 7.11 Å². The van der Waals surface area contributed by atoms with E-state index in [1.165, 1.54) is 18.4 Å². The van der Waals surface area contributed by atoms with Crippen LogP contribution in [0.25, 0.3) is 0 Å². The first kappa shape index (κ1) is 10.3. The zero-order valence-electron chi connectivity index (χ0n) is 9.12. The van der Waals surface area contributed by atoms with Gasteiger partial charge in [0.25, 0.3) is 0 Å². The predicted octanol–water partition coefficient (Wildman–Crippen LogP) is 1.57. The Labute approximate surface area is 90.6 Å². The van der Waals surface area contributed by atoms with Crippen molar-refractivity contribution in [2.24, 2.45) is 0 Å². The maximum atomic E-state index is 5.97. The van der Waals surface area contributed by atoms with E-state index in [-0.39, 0.29) is 0 Å². The van der Waals surface area contributed by atoms with Crippen LogP contribution in [-0.4, -0.2) is 19.7 Å². The van der Waals surface area contributed by atoms with E-state index < -0.39 is 0 Å². The van der Waals surface area contributed by atoms with E-state index in [1.54, 1.807) is 7.11 Å². The first-order valence-corrected chi connectivity index (χ1v) is 5.45. The normalized spacial score (nSPS) is 20.5. The summed E-state index contributed by atoms with van der Waals surface area (Å²) in [6.07, 6.45) is 3.56. The second-order valence-electron chi connectivity index (χ2n) is 4.06. The monoisotopic (exact) mass is 206 g/mol. The van der Waals surface area contributed by atoms with Crippen LogP contribution in [0.1, 0.15) is 18.4 Å². The molecule has 0 aromatic heterocycles. The minimum atomic E-state index is 0.598. The van der Waals surface area contributed by atoms with Gasteiger partial charge in [-0.25, -0.2) is 0 Å². The van der Waals surface area contributed by atoms with Crippen LogP contribution >= 0.6 is 0 Å². The van der Waals surface area contributed by atoms with Crippen LogP contribution in [0.4, 0.5) is 5.69 Å². The Balaban J connectivity index is 2.07. The van der Waals surface area contributed by atoms with Crippen LogP contribution in [0.3, 0.4) is 0 Å². The standard InChI is InChI=1S/C12H18N2O/c1-15-11-5-4-9(12(13)8-11)7-10-3-2-6-14-10/h4-5,8,10,14H,2-3,6-7,13H2,1H3. The summed E-state index contributed by atoms with van der Waals surface area (Å²) < 4.78 is 5.12. The predicted molar refractivity (Wildman–Crippen MR) is 62.1 cm³/mol. The molecule has 1 atom stereocenters. The van der Waals surface area contributed by atoms with Gasteiger partial charge in [-0.1, -0.05) is 6.07 Å². The second-order valence-corrected chi connectivity index (χ2v) is 4.06. The number of anilines is 1. The van der Waals surface area contributed by atoms with Gasteiger partial charge >= 0.3 is 0 Å². The smallest absolute Gasteiger partial charge is 0.120 e. The summed E-state index contributed by atoms with van der Waals surface area (Å²) >= 11 is 0. The Morgan fingerprint density at radius 1 is 1.53 bits per heavy atom. The molecular weight excluding hydrogens is 188 g/mol. The molecule has 1 aliphatic heterocycles. The number of rotatable bonds is 3. The van der Waals surface area contributed by atoms with Gasteiger partial charge in [-0.15, -0.1) is 0 Å². The number of nitrogens with two attached hydrogens (primary N) is 1. The fourth-order valence-electron chi connectivity index (χ4n) is 2.08. The molecule has 1 saturated heterocycles. The van der Waals surface area contributed by atoms with E-state index in [4.69, 9.17) is 10.5 Å². The first-order chi connectivity index (χ1) is 7.29. The molecule has 15 heavy (non-hydrogen) atoms. The quantitative estimate of drug-likeness (QED) is 0.738. The number of hydrogen-bond acceptors (Lipinski definition) is 3. The molecule has 1 aromatic rings. The van der Waals surface area contributed by atoms with E-state index in [2.05, 4.69) is 11.4 Å². The van der Waals surface area contributed by atoms with Gasteiger partial charge in [-0.3, -0.25) is 0 Å². The minimum Gasteiger partial charge on any atom is -0.497 e. The molecule has 3 nitrogen and oxygen atoms in total. The molecule has 2 rings (SSSR count). The SMILES string of the molecule is COc1ccc(CC2CCCN2)c(N)c1. The lowest BCUT2D eigenvalue weighted by Crippen LogP contribution is -2.24. The van der Waals surface area contributed by atoms with Crippen LogP contribution < -0.4 is 15.8 Å². The van der Waals surface area contributed by atoms with Gasteiger partial charge in [0.1, 0.15) is 5.75 Å². The van der Waals surface area contributed by atoms with Gasteiger partial charge in [-0.2, -0.15) is 0 Å². The minimum absolute atomic E-state index is 0.598. The van der Waals surface area contributed by atoms with Gasteiger partial charge in [-0.05, 0) is 37.4 Å². The Morgan fingerprint density at radius 2 is 2.40 bits per heavy atom. The maximum Gasteiger partial charge on any atom is 0.120 e. The highest BCUT2D eigenvalue weighted by molar-refractivity contribution is 5.51. The van der Waals surface area contributed by atoms with Crippen molar-refractivity contribution in [2.75, 3.05) is 19.4 Å². The highest BCUT2D eigenvalue weighted by Crippen LogP contribution is 2.22. The van der Waals surface area contributed by atoms with Gasteiger partial charge < -0.3 is 15.8 Å². The van der Waals surface area contributed by atoms with Crippen LogP contribution in [0.5, 0.6) is 5.75 Å². The van der Waals surface area contributed by atoms with Crippen molar-refractivity contribution < 1.29 is 4.74 Å². The van der Waals surface area contributed by atoms with Crippen LogP contribution in [0.15, 0.2) is 18.2 Å². The van der Waals surface area contributed by atoms with Gasteiger partial charge in [0.2, 0.25) is 0 Å². The highest BCUT2D eigenvalue weighted by Gasteiger charge is 2.15. The highest BCUT2D eigenvalue weighted by atomic mass is 16.5. The lowest BCUT2D eigenvalue weighted by molar-refractivity contribution is 0.415. The lowest BCUT2D eigenvalue weighted by atomic mass is 10.0. The average Bonchev–Trinajstić information content (AvgIpc) is 2.74. The Hall–Kier alpha value is -1.22. The number of nitrogen functional groups attached to an aromatic ring is 1. The molecule has 0 saturated carbocycles. The van der Waals surface area contributed by atoms with Gasteiger partial charge in [0, 0.05) is 17.8 Å². The fourth-order valence-corrected chi connectivity index (χ4v) is 2.08. The van der Waals surface area contributed by atoms with Crippen LogP contribution in [0, 0.1) is 0 Å². The van der Waals surface area contributed by atoms with Crippen molar-refractivity contribution >= 4 is 5.69 Å². The number of methoxy groups -OCH3 is 1. The molecule has 3 N–H and O–H groups in total. The number of hydrogen-bond donors (Lipinski definition) is 2. The van der Waals surface area contributed by atoms with Crippen molar-refractivity contribution in [1.82, 2.24) is 5.32 Å². The summed E-state index contributed by atoms with van der Waals surface area (Å²) in [4.78, 5) is 0. The molecule has 0 amide bonds. The molecule has 0 bridgehead atoms. The van der Waals surface area contributed by atoms with E-state index >= 15 is 0 Å². The number of ether oxygens (including phenoxy) is 1. The molecule has 1 heterocycles. The van der Waals surface area contributed by atoms with Crippen molar-refractivity contribution in [3.05, 3.63) is 23.8 Å². The van der Waals surface area contributed by atoms with Crippen molar-refractivity contribution in [1.29, 1.82) is 0 Å². The Kier molecular flexibility index (Phi) is 3.11. The summed E-state index contributed by atoms with van der Waals surface area (Å²) in [5, 5.41) is 3.47. The molecule has 3 heteroatoms. The van der Waals surface area contributed by atoms with E-state index in [0.717, 1.165) is 24.4 Å². The molecule has 1 fully saturated rings. The van der Waals surface area contributed by atoms with E-state index in [9.17, 15) is 0 Å². The summed E-state index contributed by atoms with van der Waals surface area (Å²) in [6.45, 7) is 1.14. The van der Waals surface area contributed by atoms with Crippen molar-refractivity contribution in [3.63, 3.8) is 0 Å². The summed E-state index contributed by atoms with van der Waals surface area (Å²) in [5.74, 6) is 0.829. The molecular formula is C12H18N2O.